The quantitative estimate of drug-likeness (QED) is 0.550. The lowest BCUT2D eigenvalue weighted by Gasteiger charge is -2.34. The number of carbonyl (C=O) groups excluding carboxylic acids is 1. The molecule has 1 spiro atoms. The Morgan fingerprint density at radius 3 is 2.69 bits per heavy atom. The first-order valence-corrected chi connectivity index (χ1v) is 7.33. The number of rotatable bonds is 5. The summed E-state index contributed by atoms with van der Waals surface area (Å²) in [6.07, 6.45) is 5.89. The van der Waals surface area contributed by atoms with Crippen LogP contribution in [0.4, 0.5) is 0 Å². The van der Waals surface area contributed by atoms with Crippen molar-refractivity contribution in [3.63, 3.8) is 0 Å². The molecule has 1 atom stereocenters. The van der Waals surface area contributed by atoms with Gasteiger partial charge in [0.1, 0.15) is 5.60 Å². The average Bonchev–Trinajstić information content (AvgIpc) is 2.87. The van der Waals surface area contributed by atoms with Crippen molar-refractivity contribution in [2.75, 3.05) is 12.9 Å². The van der Waals surface area contributed by atoms with Crippen LogP contribution in [0.5, 0.6) is 0 Å². The third kappa shape index (κ3) is 1.58. The van der Waals surface area contributed by atoms with Crippen LogP contribution < -0.4 is 0 Å². The predicted molar refractivity (Wildman–Crippen MR) is 64.6 cm³/mol. The molecular formula is C12H20O3S. The average molecular weight is 244 g/mol. The molecule has 0 N–H and O–H groups in total. The molecule has 2 aliphatic rings. The number of ether oxygens (including phenoxy) is 2. The Labute approximate surface area is 101 Å². The van der Waals surface area contributed by atoms with Crippen molar-refractivity contribution in [3.8, 4) is 0 Å². The van der Waals surface area contributed by atoms with E-state index < -0.39 is 5.60 Å². The fraction of sp³-hybridized carbons (Fsp3) is 0.917. The first kappa shape index (κ1) is 12.2. The van der Waals surface area contributed by atoms with Crippen molar-refractivity contribution in [3.05, 3.63) is 0 Å². The van der Waals surface area contributed by atoms with Gasteiger partial charge >= 0.3 is 5.97 Å². The van der Waals surface area contributed by atoms with E-state index in [1.165, 1.54) is 0 Å². The Morgan fingerprint density at radius 2 is 2.19 bits per heavy atom. The first-order valence-electron chi connectivity index (χ1n) is 6.04. The molecule has 2 rings (SSSR count). The van der Waals surface area contributed by atoms with Gasteiger partial charge in [-0.3, -0.25) is 0 Å². The van der Waals surface area contributed by atoms with E-state index in [0.29, 0.717) is 11.9 Å². The van der Waals surface area contributed by atoms with Crippen molar-refractivity contribution in [2.24, 2.45) is 0 Å². The smallest absolute Gasteiger partial charge is 0.341 e. The Morgan fingerprint density at radius 1 is 1.50 bits per heavy atom. The van der Waals surface area contributed by atoms with E-state index >= 15 is 0 Å². The second kappa shape index (κ2) is 4.22. The van der Waals surface area contributed by atoms with Crippen molar-refractivity contribution in [1.82, 2.24) is 0 Å². The highest BCUT2D eigenvalue weighted by molar-refractivity contribution is 7.99. The topological polar surface area (TPSA) is 38.8 Å². The number of esters is 1. The molecule has 1 aliphatic heterocycles. The maximum Gasteiger partial charge on any atom is 0.341 e. The predicted octanol–water partition coefficient (Wildman–Crippen LogP) is 2.38. The van der Waals surface area contributed by atoms with E-state index in [2.05, 4.69) is 13.2 Å². The van der Waals surface area contributed by atoms with Gasteiger partial charge in [-0.25, -0.2) is 4.79 Å². The fourth-order valence-electron chi connectivity index (χ4n) is 2.77. The SMILES string of the molecule is CCCC1(C(=O)OCC)OC12CC(SC)C2. The van der Waals surface area contributed by atoms with E-state index in [9.17, 15) is 4.79 Å². The highest BCUT2D eigenvalue weighted by atomic mass is 32.2. The normalized spacial score (nSPS) is 40.6. The number of hydrogen-bond acceptors (Lipinski definition) is 4. The van der Waals surface area contributed by atoms with Gasteiger partial charge in [-0.15, -0.1) is 0 Å². The standard InChI is InChI=1S/C12H20O3S/c1-4-6-12(10(13)14-5-2)11(15-12)7-9(8-11)16-3/h9H,4-8H2,1-3H3. The molecule has 1 saturated heterocycles. The largest absolute Gasteiger partial charge is 0.464 e. The van der Waals surface area contributed by atoms with Crippen LogP contribution in [0.25, 0.3) is 0 Å². The zero-order chi connectivity index (χ0) is 11.8. The highest BCUT2D eigenvalue weighted by Gasteiger charge is 2.78. The lowest BCUT2D eigenvalue weighted by molar-refractivity contribution is -0.150. The summed E-state index contributed by atoms with van der Waals surface area (Å²) in [5.74, 6) is -0.142. The van der Waals surface area contributed by atoms with Crippen molar-refractivity contribution in [2.45, 2.75) is 56.0 Å². The number of hydrogen-bond donors (Lipinski definition) is 0. The molecule has 4 heteroatoms. The molecule has 0 radical (unpaired) electrons. The van der Waals surface area contributed by atoms with Crippen LogP contribution in [0, 0.1) is 0 Å². The van der Waals surface area contributed by atoms with E-state index in [0.717, 1.165) is 25.7 Å². The van der Waals surface area contributed by atoms with Crippen LogP contribution in [-0.2, 0) is 14.3 Å². The van der Waals surface area contributed by atoms with Gasteiger partial charge in [-0.1, -0.05) is 13.3 Å². The van der Waals surface area contributed by atoms with Gasteiger partial charge in [0, 0.05) is 5.25 Å². The molecule has 0 amide bonds. The second-order valence-electron chi connectivity index (χ2n) is 4.66. The summed E-state index contributed by atoms with van der Waals surface area (Å²) in [6, 6.07) is 0. The number of epoxide rings is 1. The minimum Gasteiger partial charge on any atom is -0.464 e. The molecule has 1 saturated carbocycles. The second-order valence-corrected chi connectivity index (χ2v) is 5.80. The number of carbonyl (C=O) groups is 1. The van der Waals surface area contributed by atoms with Gasteiger partial charge < -0.3 is 9.47 Å². The summed E-state index contributed by atoms with van der Waals surface area (Å²) in [4.78, 5) is 12.0. The minimum atomic E-state index is -0.593. The summed E-state index contributed by atoms with van der Waals surface area (Å²) in [7, 11) is 0. The third-order valence-electron chi connectivity index (χ3n) is 3.72. The summed E-state index contributed by atoms with van der Waals surface area (Å²) >= 11 is 1.87. The summed E-state index contributed by atoms with van der Waals surface area (Å²) in [6.45, 7) is 4.37. The lowest BCUT2D eigenvalue weighted by Crippen LogP contribution is -2.45. The Balaban J connectivity index is 2.02. The van der Waals surface area contributed by atoms with E-state index in [-0.39, 0.29) is 11.6 Å². The van der Waals surface area contributed by atoms with Gasteiger partial charge in [0.25, 0.3) is 0 Å². The Bertz CT molecular complexity index is 286. The van der Waals surface area contributed by atoms with Crippen LogP contribution in [0.2, 0.25) is 0 Å². The maximum absolute atomic E-state index is 12.0. The molecule has 1 unspecified atom stereocenters. The molecule has 16 heavy (non-hydrogen) atoms. The van der Waals surface area contributed by atoms with E-state index in [1.807, 2.05) is 18.7 Å². The van der Waals surface area contributed by atoms with Gasteiger partial charge in [0.15, 0.2) is 5.60 Å². The van der Waals surface area contributed by atoms with Crippen LogP contribution in [0.15, 0.2) is 0 Å². The van der Waals surface area contributed by atoms with Crippen LogP contribution >= 0.6 is 11.8 Å². The van der Waals surface area contributed by atoms with E-state index in [1.54, 1.807) is 0 Å². The molecule has 92 valence electrons. The molecule has 3 nitrogen and oxygen atoms in total. The highest BCUT2D eigenvalue weighted by Crippen LogP contribution is 2.64. The molecular weight excluding hydrogens is 224 g/mol. The van der Waals surface area contributed by atoms with Gasteiger partial charge in [-0.05, 0) is 32.4 Å². The Kier molecular flexibility index (Phi) is 3.23. The van der Waals surface area contributed by atoms with Gasteiger partial charge in [0.2, 0.25) is 0 Å². The molecule has 1 aliphatic carbocycles. The maximum atomic E-state index is 12.0. The van der Waals surface area contributed by atoms with Crippen LogP contribution in [0.1, 0.15) is 39.5 Å². The van der Waals surface area contributed by atoms with Crippen LogP contribution in [0.3, 0.4) is 0 Å². The molecule has 0 aromatic rings. The van der Waals surface area contributed by atoms with Gasteiger partial charge in [0.05, 0.1) is 6.61 Å². The molecule has 2 fully saturated rings. The molecule has 0 aromatic carbocycles. The Hall–Kier alpha value is -0.220. The molecule has 0 bridgehead atoms. The summed E-state index contributed by atoms with van der Waals surface area (Å²) in [5, 5.41) is 0.660. The van der Waals surface area contributed by atoms with Crippen molar-refractivity contribution in [1.29, 1.82) is 0 Å². The number of thioether (sulfide) groups is 1. The van der Waals surface area contributed by atoms with Gasteiger partial charge in [-0.2, -0.15) is 11.8 Å². The fourth-order valence-corrected chi connectivity index (χ4v) is 3.64. The molecule has 1 heterocycles. The zero-order valence-electron chi connectivity index (χ0n) is 10.2. The van der Waals surface area contributed by atoms with E-state index in [4.69, 9.17) is 9.47 Å². The summed E-state index contributed by atoms with van der Waals surface area (Å²) < 4.78 is 11.0. The van der Waals surface area contributed by atoms with Crippen LogP contribution in [-0.4, -0.2) is 35.3 Å². The van der Waals surface area contributed by atoms with Crippen molar-refractivity contribution < 1.29 is 14.3 Å². The minimum absolute atomic E-state index is 0.142. The zero-order valence-corrected chi connectivity index (χ0v) is 11.1. The molecule has 0 aromatic heterocycles. The van der Waals surface area contributed by atoms with Crippen molar-refractivity contribution >= 4 is 17.7 Å². The first-order chi connectivity index (χ1) is 7.64. The third-order valence-corrected chi connectivity index (χ3v) is 4.72. The lowest BCUT2D eigenvalue weighted by atomic mass is 9.73. The summed E-state index contributed by atoms with van der Waals surface area (Å²) in [5.41, 5.74) is -0.757. The monoisotopic (exact) mass is 244 g/mol.